The average molecular weight is 322 g/mol. The summed E-state index contributed by atoms with van der Waals surface area (Å²) >= 11 is 0. The molecule has 5 atom stereocenters. The van der Waals surface area contributed by atoms with E-state index in [1.54, 1.807) is 0 Å². The summed E-state index contributed by atoms with van der Waals surface area (Å²) in [7, 11) is 0. The van der Waals surface area contributed by atoms with E-state index in [1.807, 2.05) is 6.92 Å². The number of carbonyl (C=O) groups excluding carboxylic acids is 2. The van der Waals surface area contributed by atoms with Crippen molar-refractivity contribution in [1.29, 1.82) is 0 Å². The third-order valence-electron chi connectivity index (χ3n) is 5.61. The zero-order valence-electron chi connectivity index (χ0n) is 13.4. The number of aliphatic hydroxyl groups excluding tert-OH is 2. The molecule has 2 saturated carbocycles. The lowest BCUT2D eigenvalue weighted by atomic mass is 9.55. The monoisotopic (exact) mass is 322 g/mol. The van der Waals surface area contributed by atoms with Crippen LogP contribution in [0.1, 0.15) is 33.1 Å². The second-order valence-corrected chi connectivity index (χ2v) is 6.94. The Morgan fingerprint density at radius 2 is 2.17 bits per heavy atom. The number of carbonyl (C=O) groups is 2. The fourth-order valence-electron chi connectivity index (χ4n) is 4.18. The van der Waals surface area contributed by atoms with Gasteiger partial charge in [-0.2, -0.15) is 0 Å². The molecule has 3 aliphatic rings. The van der Waals surface area contributed by atoms with Gasteiger partial charge in [-0.1, -0.05) is 13.5 Å². The maximum atomic E-state index is 12.2. The Balaban J connectivity index is 1.96. The van der Waals surface area contributed by atoms with Crippen LogP contribution in [0.2, 0.25) is 0 Å². The summed E-state index contributed by atoms with van der Waals surface area (Å²) in [5.74, 6) is -1.27. The van der Waals surface area contributed by atoms with Gasteiger partial charge in [0.05, 0.1) is 17.8 Å². The van der Waals surface area contributed by atoms with Gasteiger partial charge < -0.3 is 19.7 Å². The van der Waals surface area contributed by atoms with Crippen molar-refractivity contribution in [3.8, 4) is 0 Å². The SMILES string of the molecule is C=C1C(O)CC(O)C2(C)CCC3=C(COC(C)=O)C(=O)OC3C12. The Kier molecular flexibility index (Phi) is 3.84. The van der Waals surface area contributed by atoms with Crippen LogP contribution in [-0.2, 0) is 19.1 Å². The molecule has 23 heavy (non-hydrogen) atoms. The molecule has 0 spiro atoms. The second-order valence-electron chi connectivity index (χ2n) is 6.94. The van der Waals surface area contributed by atoms with Gasteiger partial charge in [0.25, 0.3) is 0 Å². The molecule has 0 bridgehead atoms. The van der Waals surface area contributed by atoms with Gasteiger partial charge in [0, 0.05) is 24.7 Å². The van der Waals surface area contributed by atoms with Gasteiger partial charge in [-0.3, -0.25) is 4.79 Å². The van der Waals surface area contributed by atoms with Gasteiger partial charge in [-0.15, -0.1) is 0 Å². The zero-order chi connectivity index (χ0) is 16.9. The molecule has 2 N–H and O–H groups in total. The van der Waals surface area contributed by atoms with E-state index in [-0.39, 0.29) is 18.9 Å². The summed E-state index contributed by atoms with van der Waals surface area (Å²) in [6.07, 6.45) is -0.503. The van der Waals surface area contributed by atoms with Crippen LogP contribution in [0.4, 0.5) is 0 Å². The minimum Gasteiger partial charge on any atom is -0.461 e. The zero-order valence-corrected chi connectivity index (χ0v) is 13.4. The normalized spacial score (nSPS) is 39.7. The fourth-order valence-corrected chi connectivity index (χ4v) is 4.18. The molecule has 6 heteroatoms. The summed E-state index contributed by atoms with van der Waals surface area (Å²) in [5.41, 5.74) is 1.30. The van der Waals surface area contributed by atoms with Crippen molar-refractivity contribution in [3.63, 3.8) is 0 Å². The van der Waals surface area contributed by atoms with Crippen LogP contribution in [-0.4, -0.2) is 47.1 Å². The van der Waals surface area contributed by atoms with E-state index in [1.165, 1.54) is 6.92 Å². The first-order valence-electron chi connectivity index (χ1n) is 7.86. The van der Waals surface area contributed by atoms with Gasteiger partial charge in [0.1, 0.15) is 12.7 Å². The van der Waals surface area contributed by atoms with E-state index in [9.17, 15) is 19.8 Å². The number of hydrogen-bond acceptors (Lipinski definition) is 6. The van der Waals surface area contributed by atoms with E-state index in [4.69, 9.17) is 9.47 Å². The molecular weight excluding hydrogens is 300 g/mol. The van der Waals surface area contributed by atoms with Crippen LogP contribution in [0.15, 0.2) is 23.3 Å². The number of ether oxygens (including phenoxy) is 2. The molecule has 2 fully saturated rings. The molecule has 0 radical (unpaired) electrons. The number of fused-ring (bicyclic) bond motifs is 3. The van der Waals surface area contributed by atoms with Gasteiger partial charge in [0.15, 0.2) is 0 Å². The van der Waals surface area contributed by atoms with Crippen LogP contribution >= 0.6 is 0 Å². The Hall–Kier alpha value is -1.66. The lowest BCUT2D eigenvalue weighted by Crippen LogP contribution is -2.55. The molecule has 3 rings (SSSR count). The lowest BCUT2D eigenvalue weighted by Gasteiger charge is -2.52. The molecule has 0 saturated heterocycles. The first kappa shape index (κ1) is 16.2. The van der Waals surface area contributed by atoms with Crippen LogP contribution in [0, 0.1) is 11.3 Å². The molecule has 1 aliphatic heterocycles. The van der Waals surface area contributed by atoms with Crippen molar-refractivity contribution in [2.75, 3.05) is 6.61 Å². The van der Waals surface area contributed by atoms with Gasteiger partial charge in [-0.05, 0) is 24.0 Å². The predicted molar refractivity (Wildman–Crippen MR) is 80.1 cm³/mol. The van der Waals surface area contributed by atoms with Crippen molar-refractivity contribution in [2.45, 2.75) is 51.4 Å². The van der Waals surface area contributed by atoms with Crippen molar-refractivity contribution in [3.05, 3.63) is 23.3 Å². The third kappa shape index (κ3) is 2.40. The van der Waals surface area contributed by atoms with Crippen molar-refractivity contribution in [1.82, 2.24) is 0 Å². The number of esters is 2. The molecule has 0 amide bonds. The highest BCUT2D eigenvalue weighted by atomic mass is 16.6. The van der Waals surface area contributed by atoms with Gasteiger partial charge in [-0.25, -0.2) is 4.79 Å². The van der Waals surface area contributed by atoms with Crippen molar-refractivity contribution in [2.24, 2.45) is 11.3 Å². The molecule has 6 nitrogen and oxygen atoms in total. The predicted octanol–water partition coefficient (Wildman–Crippen LogP) is 0.869. The Bertz CT molecular complexity index is 606. The topological polar surface area (TPSA) is 93.1 Å². The lowest BCUT2D eigenvalue weighted by molar-refractivity contribution is -0.151. The largest absolute Gasteiger partial charge is 0.461 e. The highest BCUT2D eigenvalue weighted by molar-refractivity contribution is 5.93. The summed E-state index contributed by atoms with van der Waals surface area (Å²) in [6, 6.07) is 0. The second kappa shape index (κ2) is 5.46. The molecule has 5 unspecified atom stereocenters. The molecule has 126 valence electrons. The van der Waals surface area contributed by atoms with Gasteiger partial charge in [0.2, 0.25) is 0 Å². The minimum absolute atomic E-state index is 0.0962. The molecule has 0 aromatic rings. The maximum absolute atomic E-state index is 12.2. The quantitative estimate of drug-likeness (QED) is 0.579. The number of rotatable bonds is 2. The highest BCUT2D eigenvalue weighted by Gasteiger charge is 2.57. The smallest absolute Gasteiger partial charge is 0.338 e. The Morgan fingerprint density at radius 1 is 1.48 bits per heavy atom. The molecule has 0 aromatic carbocycles. The van der Waals surface area contributed by atoms with Crippen LogP contribution in [0.25, 0.3) is 0 Å². The van der Waals surface area contributed by atoms with Gasteiger partial charge >= 0.3 is 11.9 Å². The highest BCUT2D eigenvalue weighted by Crippen LogP contribution is 2.56. The van der Waals surface area contributed by atoms with Crippen LogP contribution in [0.5, 0.6) is 0 Å². The maximum Gasteiger partial charge on any atom is 0.338 e. The Morgan fingerprint density at radius 3 is 2.83 bits per heavy atom. The summed E-state index contributed by atoms with van der Waals surface area (Å²) in [5, 5.41) is 20.6. The summed E-state index contributed by atoms with van der Waals surface area (Å²) in [4.78, 5) is 23.2. The summed E-state index contributed by atoms with van der Waals surface area (Å²) in [6.45, 7) is 7.13. The molecule has 1 heterocycles. The van der Waals surface area contributed by atoms with Crippen molar-refractivity contribution >= 4 is 11.9 Å². The molecule has 2 aliphatic carbocycles. The van der Waals surface area contributed by atoms with E-state index >= 15 is 0 Å². The fraction of sp³-hybridized carbons (Fsp3) is 0.647. The minimum atomic E-state index is -0.807. The number of aliphatic hydroxyl groups is 2. The third-order valence-corrected chi connectivity index (χ3v) is 5.61. The number of hydrogen-bond donors (Lipinski definition) is 2. The van der Waals surface area contributed by atoms with E-state index in [2.05, 4.69) is 6.58 Å². The van der Waals surface area contributed by atoms with Crippen LogP contribution < -0.4 is 0 Å². The molecular formula is C17H22O6. The van der Waals surface area contributed by atoms with Crippen LogP contribution in [0.3, 0.4) is 0 Å². The Labute approximate surface area is 134 Å². The first-order chi connectivity index (χ1) is 10.8. The van der Waals surface area contributed by atoms with Crippen molar-refractivity contribution < 1.29 is 29.3 Å². The van der Waals surface area contributed by atoms with E-state index < -0.39 is 35.7 Å². The van der Waals surface area contributed by atoms with E-state index in [0.717, 1.165) is 5.57 Å². The standard InChI is InChI=1S/C17H22O6/c1-8-12(19)6-13(20)17(3)5-4-10-11(7-22-9(2)18)16(21)23-15(10)14(8)17/h12-15,19-20H,1,4-7H2,2-3H3. The molecule has 0 aromatic heterocycles. The average Bonchev–Trinajstić information content (AvgIpc) is 2.78. The first-order valence-corrected chi connectivity index (χ1v) is 7.86. The van der Waals surface area contributed by atoms with E-state index in [0.29, 0.717) is 24.0 Å². The summed E-state index contributed by atoms with van der Waals surface area (Å²) < 4.78 is 10.5.